The van der Waals surface area contributed by atoms with Crippen LogP contribution in [0.3, 0.4) is 0 Å². The molecule has 5 heteroatoms. The smallest absolute Gasteiger partial charge is 0.228 e. The average Bonchev–Trinajstić information content (AvgIpc) is 2.70. The number of nitrogens with zero attached hydrogens (tertiary/aromatic N) is 2. The molecule has 0 saturated carbocycles. The van der Waals surface area contributed by atoms with Gasteiger partial charge >= 0.3 is 0 Å². The van der Waals surface area contributed by atoms with Gasteiger partial charge in [0.05, 0.1) is 43.5 Å². The van der Waals surface area contributed by atoms with Gasteiger partial charge in [-0.25, -0.2) is 0 Å². The molecule has 2 atom stereocenters. The molecule has 0 aliphatic heterocycles. The number of hydrogen-bond donors (Lipinski definition) is 1. The van der Waals surface area contributed by atoms with E-state index in [1.807, 2.05) is 42.5 Å². The number of ether oxygens (including phenoxy) is 1. The van der Waals surface area contributed by atoms with E-state index in [4.69, 9.17) is 10.00 Å². The van der Waals surface area contributed by atoms with Crippen molar-refractivity contribution in [3.8, 4) is 11.8 Å². The highest BCUT2D eigenvalue weighted by atomic mass is 16.5. The Morgan fingerprint density at radius 1 is 1.26 bits per heavy atom. The van der Waals surface area contributed by atoms with Crippen molar-refractivity contribution in [1.29, 1.82) is 5.26 Å². The molecule has 0 radical (unpaired) electrons. The number of benzene rings is 1. The fraction of sp³-hybridized carbons (Fsp3) is 0.409. The number of carbonyl (C=O) groups is 1. The first-order chi connectivity index (χ1) is 13.1. The van der Waals surface area contributed by atoms with Gasteiger partial charge in [0.2, 0.25) is 5.91 Å². The van der Waals surface area contributed by atoms with Crippen LogP contribution in [0.4, 0.5) is 0 Å². The summed E-state index contributed by atoms with van der Waals surface area (Å²) >= 11 is 0. The zero-order valence-corrected chi connectivity index (χ0v) is 16.0. The molecule has 1 aromatic carbocycles. The van der Waals surface area contributed by atoms with Crippen LogP contribution in [0, 0.1) is 17.2 Å². The number of nitriles is 1. The Balaban J connectivity index is 1.88. The molecule has 0 spiro atoms. The van der Waals surface area contributed by atoms with Crippen molar-refractivity contribution in [1.82, 2.24) is 10.3 Å². The zero-order valence-electron chi connectivity index (χ0n) is 16.0. The van der Waals surface area contributed by atoms with Crippen molar-refractivity contribution < 1.29 is 9.53 Å². The lowest BCUT2D eigenvalue weighted by Gasteiger charge is -2.14. The number of rotatable bonds is 10. The molecule has 0 fully saturated rings. The highest BCUT2D eigenvalue weighted by Gasteiger charge is 2.20. The summed E-state index contributed by atoms with van der Waals surface area (Å²) in [4.78, 5) is 16.8. The first-order valence-corrected chi connectivity index (χ1v) is 9.41. The molecule has 27 heavy (non-hydrogen) atoms. The summed E-state index contributed by atoms with van der Waals surface area (Å²) < 4.78 is 5.74. The molecule has 1 aromatic heterocycles. The number of pyridine rings is 1. The van der Waals surface area contributed by atoms with Gasteiger partial charge in [0, 0.05) is 0 Å². The minimum absolute atomic E-state index is 0.145. The third-order valence-electron chi connectivity index (χ3n) is 4.37. The van der Waals surface area contributed by atoms with Crippen molar-refractivity contribution in [3.63, 3.8) is 0 Å². The molecule has 0 aliphatic rings. The van der Waals surface area contributed by atoms with Gasteiger partial charge in [0.25, 0.3) is 0 Å². The van der Waals surface area contributed by atoms with Crippen molar-refractivity contribution >= 4 is 5.91 Å². The van der Waals surface area contributed by atoms with Crippen molar-refractivity contribution in [2.45, 2.75) is 45.6 Å². The summed E-state index contributed by atoms with van der Waals surface area (Å²) in [5.41, 5.74) is 1.59. The van der Waals surface area contributed by atoms with Crippen LogP contribution in [0.1, 0.15) is 50.3 Å². The fourth-order valence-corrected chi connectivity index (χ4v) is 2.85. The molecule has 1 heterocycles. The molecule has 1 amide bonds. The fourth-order valence-electron chi connectivity index (χ4n) is 2.85. The maximum absolute atomic E-state index is 12.5. The molecule has 2 rings (SSSR count). The van der Waals surface area contributed by atoms with Crippen LogP contribution < -0.4 is 10.1 Å². The Kier molecular flexibility index (Phi) is 8.31. The first kappa shape index (κ1) is 20.4. The van der Waals surface area contributed by atoms with Gasteiger partial charge in [0.1, 0.15) is 5.75 Å². The summed E-state index contributed by atoms with van der Waals surface area (Å²) in [6, 6.07) is 15.2. The predicted octanol–water partition coefficient (Wildman–Crippen LogP) is 4.21. The van der Waals surface area contributed by atoms with E-state index >= 15 is 0 Å². The van der Waals surface area contributed by atoms with E-state index < -0.39 is 5.92 Å². The van der Waals surface area contributed by atoms with Gasteiger partial charge in [-0.2, -0.15) is 5.26 Å². The Bertz CT molecular complexity index is 738. The van der Waals surface area contributed by atoms with E-state index in [0.717, 1.165) is 29.8 Å². The van der Waals surface area contributed by atoms with Crippen LogP contribution in [-0.2, 0) is 11.3 Å². The van der Waals surface area contributed by atoms with E-state index in [0.29, 0.717) is 19.1 Å². The molecule has 5 nitrogen and oxygen atoms in total. The standard InChI is InChI=1S/C22H27N3O2/c1-3-7-17(2)16-27-20-11-10-19(24-15-20)14-25-22(26)21(12-13-23)18-8-5-4-6-9-18/h4-6,8-11,15,17,21H,3,7,12,14,16H2,1-2H3,(H,25,26). The highest BCUT2D eigenvalue weighted by molar-refractivity contribution is 5.83. The maximum Gasteiger partial charge on any atom is 0.228 e. The van der Waals surface area contributed by atoms with Gasteiger partial charge < -0.3 is 10.1 Å². The SMILES string of the molecule is CCCC(C)COc1ccc(CNC(=O)C(CC#N)c2ccccc2)nc1. The van der Waals surface area contributed by atoms with Crippen molar-refractivity contribution in [2.24, 2.45) is 5.92 Å². The predicted molar refractivity (Wildman–Crippen MR) is 105 cm³/mol. The topological polar surface area (TPSA) is 75.0 Å². The Hall–Kier alpha value is -2.87. The van der Waals surface area contributed by atoms with Gasteiger partial charge in [-0.1, -0.05) is 50.6 Å². The van der Waals surface area contributed by atoms with Crippen LogP contribution in [0.2, 0.25) is 0 Å². The lowest BCUT2D eigenvalue weighted by molar-refractivity contribution is -0.122. The van der Waals surface area contributed by atoms with Crippen molar-refractivity contribution in [2.75, 3.05) is 6.61 Å². The molecule has 0 bridgehead atoms. The molecule has 1 N–H and O–H groups in total. The average molecular weight is 365 g/mol. The monoisotopic (exact) mass is 365 g/mol. The molecule has 2 aromatic rings. The van der Waals surface area contributed by atoms with Crippen LogP contribution in [0.25, 0.3) is 0 Å². The molecular formula is C22H27N3O2. The normalized spacial score (nSPS) is 12.6. The Morgan fingerprint density at radius 3 is 2.67 bits per heavy atom. The summed E-state index contributed by atoms with van der Waals surface area (Å²) in [5, 5.41) is 11.9. The molecule has 0 saturated heterocycles. The van der Waals surface area contributed by atoms with Gasteiger partial charge in [-0.05, 0) is 30.0 Å². The van der Waals surface area contributed by atoms with Gasteiger partial charge in [-0.3, -0.25) is 9.78 Å². The summed E-state index contributed by atoms with van der Waals surface area (Å²) in [5.74, 6) is 0.612. The maximum atomic E-state index is 12.5. The second-order valence-electron chi connectivity index (χ2n) is 6.73. The van der Waals surface area contributed by atoms with E-state index in [2.05, 4.69) is 30.2 Å². The molecular weight excluding hydrogens is 338 g/mol. The third-order valence-corrected chi connectivity index (χ3v) is 4.37. The van der Waals surface area contributed by atoms with Crippen molar-refractivity contribution in [3.05, 3.63) is 59.9 Å². The van der Waals surface area contributed by atoms with Crippen LogP contribution in [0.15, 0.2) is 48.7 Å². The second-order valence-corrected chi connectivity index (χ2v) is 6.73. The summed E-state index contributed by atoms with van der Waals surface area (Å²) in [7, 11) is 0. The van der Waals surface area contributed by atoms with Crippen LogP contribution in [-0.4, -0.2) is 17.5 Å². The van der Waals surface area contributed by atoms with Crippen LogP contribution in [0.5, 0.6) is 5.75 Å². The van der Waals surface area contributed by atoms with E-state index in [-0.39, 0.29) is 12.3 Å². The van der Waals surface area contributed by atoms with E-state index in [9.17, 15) is 4.79 Å². The lowest BCUT2D eigenvalue weighted by Crippen LogP contribution is -2.29. The van der Waals surface area contributed by atoms with Crippen LogP contribution >= 0.6 is 0 Å². The number of nitrogens with one attached hydrogen (secondary N) is 1. The number of aromatic nitrogens is 1. The highest BCUT2D eigenvalue weighted by Crippen LogP contribution is 2.19. The number of carbonyl (C=O) groups excluding carboxylic acids is 1. The largest absolute Gasteiger partial charge is 0.492 e. The Morgan fingerprint density at radius 2 is 2.04 bits per heavy atom. The zero-order chi connectivity index (χ0) is 19.5. The Labute approximate surface area is 161 Å². The van der Waals surface area contributed by atoms with Gasteiger partial charge in [-0.15, -0.1) is 0 Å². The molecule has 2 unspecified atom stereocenters. The molecule has 142 valence electrons. The first-order valence-electron chi connectivity index (χ1n) is 9.41. The summed E-state index contributed by atoms with van der Waals surface area (Å²) in [6.45, 7) is 5.34. The van der Waals surface area contributed by atoms with E-state index in [1.54, 1.807) is 6.20 Å². The lowest BCUT2D eigenvalue weighted by atomic mass is 9.95. The minimum Gasteiger partial charge on any atom is -0.492 e. The summed E-state index contributed by atoms with van der Waals surface area (Å²) in [6.07, 6.45) is 4.12. The quantitative estimate of drug-likeness (QED) is 0.684. The molecule has 0 aliphatic carbocycles. The number of amides is 1. The van der Waals surface area contributed by atoms with Gasteiger partial charge in [0.15, 0.2) is 0 Å². The van der Waals surface area contributed by atoms with E-state index in [1.165, 1.54) is 0 Å². The third kappa shape index (κ3) is 6.74. The minimum atomic E-state index is -0.473. The second kappa shape index (κ2) is 11.0. The number of hydrogen-bond acceptors (Lipinski definition) is 4.